The van der Waals surface area contributed by atoms with Gasteiger partial charge < -0.3 is 14.4 Å². The lowest BCUT2D eigenvalue weighted by molar-refractivity contribution is 0.0938. The van der Waals surface area contributed by atoms with Gasteiger partial charge >= 0.3 is 5.69 Å². The molecule has 0 saturated heterocycles. The zero-order valence-corrected chi connectivity index (χ0v) is 19.3. The number of hydrazone groups is 1. The lowest BCUT2D eigenvalue weighted by Crippen LogP contribution is -2.38. The summed E-state index contributed by atoms with van der Waals surface area (Å²) in [6, 6.07) is 16.2. The number of nitrogens with zero attached hydrogens (tertiary/aromatic N) is 5. The summed E-state index contributed by atoms with van der Waals surface area (Å²) < 4.78 is 9.37. The zero-order valence-electron chi connectivity index (χ0n) is 18.6. The largest absolute Gasteiger partial charge is 0.491 e. The summed E-state index contributed by atoms with van der Waals surface area (Å²) in [6.07, 6.45) is 0.533. The van der Waals surface area contributed by atoms with Crippen molar-refractivity contribution in [3.63, 3.8) is 0 Å². The zero-order chi connectivity index (χ0) is 24.2. The molecule has 0 radical (unpaired) electrons. The molecule has 11 heteroatoms. The summed E-state index contributed by atoms with van der Waals surface area (Å²) >= 11 is 6.16. The molecule has 0 bridgehead atoms. The second kappa shape index (κ2) is 9.94. The fraction of sp³-hybridized carbons (Fsp3) is 0.217. The van der Waals surface area contributed by atoms with Crippen molar-refractivity contribution in [1.82, 2.24) is 18.7 Å². The van der Waals surface area contributed by atoms with Crippen LogP contribution in [0, 0.1) is 0 Å². The number of aromatic nitrogens is 4. The minimum atomic E-state index is -0.979. The summed E-state index contributed by atoms with van der Waals surface area (Å²) in [5, 5.41) is 15.4. The number of hydrogen-bond donors (Lipinski definition) is 2. The van der Waals surface area contributed by atoms with Crippen LogP contribution < -0.4 is 21.4 Å². The second-order valence-electron chi connectivity index (χ2n) is 7.59. The Hall–Kier alpha value is -3.89. The molecule has 176 valence electrons. The summed E-state index contributed by atoms with van der Waals surface area (Å²) in [4.78, 5) is 29.7. The van der Waals surface area contributed by atoms with Gasteiger partial charge in [0.05, 0.1) is 12.8 Å². The second-order valence-corrected chi connectivity index (χ2v) is 8.00. The fourth-order valence-electron chi connectivity index (χ4n) is 3.42. The summed E-state index contributed by atoms with van der Waals surface area (Å²) in [7, 11) is 2.91. The van der Waals surface area contributed by atoms with Crippen molar-refractivity contribution >= 4 is 34.9 Å². The molecule has 1 atom stereocenters. The molecule has 0 fully saturated rings. The average Bonchev–Trinajstić information content (AvgIpc) is 3.20. The SMILES string of the molecule is Cn1c(=O)c2c(nc(N/N=C\c3ccccc3Cl)n2C[C@H](O)COc2ccccc2)n(C)c1=O. The number of aryl methyl sites for hydroxylation is 1. The molecule has 4 rings (SSSR count). The first-order valence-corrected chi connectivity index (χ1v) is 10.8. The van der Waals surface area contributed by atoms with E-state index in [0.717, 1.165) is 4.57 Å². The molecular formula is C23H23ClN6O4. The van der Waals surface area contributed by atoms with E-state index in [1.165, 1.54) is 29.4 Å². The lowest BCUT2D eigenvalue weighted by atomic mass is 10.2. The van der Waals surface area contributed by atoms with Gasteiger partial charge in [-0.2, -0.15) is 10.1 Å². The Morgan fingerprint density at radius 1 is 1.12 bits per heavy atom. The minimum Gasteiger partial charge on any atom is -0.491 e. The number of anilines is 1. The van der Waals surface area contributed by atoms with Crippen LogP contribution in [0.2, 0.25) is 5.02 Å². The van der Waals surface area contributed by atoms with Crippen LogP contribution >= 0.6 is 11.6 Å². The van der Waals surface area contributed by atoms with Gasteiger partial charge in [0.2, 0.25) is 5.95 Å². The molecule has 10 nitrogen and oxygen atoms in total. The lowest BCUT2D eigenvalue weighted by Gasteiger charge is -2.15. The predicted molar refractivity (Wildman–Crippen MR) is 131 cm³/mol. The Balaban J connectivity index is 1.68. The molecule has 2 aromatic carbocycles. The van der Waals surface area contributed by atoms with Crippen molar-refractivity contribution in [2.75, 3.05) is 12.0 Å². The van der Waals surface area contributed by atoms with Gasteiger partial charge in [-0.25, -0.2) is 10.2 Å². The predicted octanol–water partition coefficient (Wildman–Crippen LogP) is 1.97. The Labute approximate surface area is 199 Å². The average molecular weight is 483 g/mol. The molecule has 2 N–H and O–H groups in total. The number of aliphatic hydroxyl groups is 1. The maximum Gasteiger partial charge on any atom is 0.332 e. The first-order chi connectivity index (χ1) is 16.4. The van der Waals surface area contributed by atoms with Gasteiger partial charge in [0.25, 0.3) is 5.56 Å². The number of nitrogens with one attached hydrogen (secondary N) is 1. The number of imidazole rings is 1. The maximum absolute atomic E-state index is 12.9. The molecule has 0 saturated carbocycles. The third-order valence-corrected chi connectivity index (χ3v) is 5.54. The highest BCUT2D eigenvalue weighted by molar-refractivity contribution is 6.33. The molecule has 0 unspecified atom stereocenters. The summed E-state index contributed by atoms with van der Waals surface area (Å²) in [5.41, 5.74) is 2.75. The number of halogens is 1. The summed E-state index contributed by atoms with van der Waals surface area (Å²) in [6.45, 7) is -0.0428. The van der Waals surface area contributed by atoms with E-state index >= 15 is 0 Å². The van der Waals surface area contributed by atoms with E-state index in [9.17, 15) is 14.7 Å². The van der Waals surface area contributed by atoms with Crippen LogP contribution in [0.15, 0.2) is 69.3 Å². The molecule has 0 aliphatic heterocycles. The van der Waals surface area contributed by atoms with Crippen LogP contribution in [0.5, 0.6) is 5.75 Å². The Morgan fingerprint density at radius 3 is 2.56 bits per heavy atom. The number of para-hydroxylation sites is 1. The van der Waals surface area contributed by atoms with E-state index in [2.05, 4.69) is 15.5 Å². The number of rotatable bonds is 8. The molecule has 0 aliphatic carbocycles. The van der Waals surface area contributed by atoms with Crippen molar-refractivity contribution in [3.05, 3.63) is 86.0 Å². The highest BCUT2D eigenvalue weighted by Crippen LogP contribution is 2.18. The first kappa shape index (κ1) is 23.3. The van der Waals surface area contributed by atoms with Crippen molar-refractivity contribution in [2.45, 2.75) is 12.6 Å². The molecule has 0 spiro atoms. The van der Waals surface area contributed by atoms with E-state index in [1.807, 2.05) is 30.3 Å². The molecule has 4 aromatic rings. The monoisotopic (exact) mass is 482 g/mol. The van der Waals surface area contributed by atoms with Gasteiger partial charge in [-0.05, 0) is 18.2 Å². The topological polar surface area (TPSA) is 116 Å². The van der Waals surface area contributed by atoms with Crippen LogP contribution in [0.4, 0.5) is 5.95 Å². The Kier molecular flexibility index (Phi) is 6.80. The van der Waals surface area contributed by atoms with Crippen LogP contribution in [0.1, 0.15) is 5.56 Å². The molecular weight excluding hydrogens is 460 g/mol. The van der Waals surface area contributed by atoms with E-state index in [4.69, 9.17) is 16.3 Å². The van der Waals surface area contributed by atoms with E-state index in [-0.39, 0.29) is 30.3 Å². The van der Waals surface area contributed by atoms with E-state index in [0.29, 0.717) is 16.3 Å². The number of aliphatic hydroxyl groups excluding tert-OH is 1. The van der Waals surface area contributed by atoms with Crippen LogP contribution in [0.3, 0.4) is 0 Å². The van der Waals surface area contributed by atoms with Crippen LogP contribution in [-0.2, 0) is 20.6 Å². The number of fused-ring (bicyclic) bond motifs is 1. The van der Waals surface area contributed by atoms with Gasteiger partial charge in [-0.1, -0.05) is 48.0 Å². The molecule has 0 amide bonds. The number of hydrogen-bond acceptors (Lipinski definition) is 7. The summed E-state index contributed by atoms with van der Waals surface area (Å²) in [5.74, 6) is 0.786. The van der Waals surface area contributed by atoms with Gasteiger partial charge in [0, 0.05) is 24.7 Å². The Morgan fingerprint density at radius 2 is 1.82 bits per heavy atom. The van der Waals surface area contributed by atoms with E-state index < -0.39 is 17.4 Å². The first-order valence-electron chi connectivity index (χ1n) is 10.4. The van der Waals surface area contributed by atoms with Crippen LogP contribution in [-0.4, -0.2) is 42.7 Å². The van der Waals surface area contributed by atoms with Gasteiger partial charge in [0.15, 0.2) is 11.2 Å². The van der Waals surface area contributed by atoms with Crippen LogP contribution in [0.25, 0.3) is 11.2 Å². The van der Waals surface area contributed by atoms with Gasteiger partial charge in [-0.3, -0.25) is 13.9 Å². The third kappa shape index (κ3) is 4.73. The van der Waals surface area contributed by atoms with Gasteiger partial charge in [0.1, 0.15) is 18.5 Å². The standard InChI is InChI=1S/C23H23ClN6O4/c1-28-20-19(21(32)29(2)23(28)33)30(13-16(31)14-34-17-9-4-3-5-10-17)22(26-20)27-25-12-15-8-6-7-11-18(15)24/h3-12,16,31H,13-14H2,1-2H3,(H,26,27)/b25-12-/t16-/m0/s1. The number of benzene rings is 2. The maximum atomic E-state index is 12.9. The molecule has 34 heavy (non-hydrogen) atoms. The highest BCUT2D eigenvalue weighted by Gasteiger charge is 2.21. The van der Waals surface area contributed by atoms with Gasteiger partial charge in [-0.15, -0.1) is 0 Å². The molecule has 0 aliphatic rings. The smallest absolute Gasteiger partial charge is 0.332 e. The molecule has 2 aromatic heterocycles. The van der Waals surface area contributed by atoms with Crippen molar-refractivity contribution in [2.24, 2.45) is 19.2 Å². The quantitative estimate of drug-likeness (QED) is 0.293. The minimum absolute atomic E-state index is 0.0158. The molecule has 2 heterocycles. The highest BCUT2D eigenvalue weighted by atomic mass is 35.5. The normalized spacial score (nSPS) is 12.4. The van der Waals surface area contributed by atoms with Crippen molar-refractivity contribution in [3.8, 4) is 5.75 Å². The van der Waals surface area contributed by atoms with Crippen molar-refractivity contribution in [1.29, 1.82) is 0 Å². The third-order valence-electron chi connectivity index (χ3n) is 5.20. The van der Waals surface area contributed by atoms with Crippen molar-refractivity contribution < 1.29 is 9.84 Å². The Bertz CT molecular complexity index is 1460. The fourth-order valence-corrected chi connectivity index (χ4v) is 3.61. The number of ether oxygens (including phenoxy) is 1. The van der Waals surface area contributed by atoms with E-state index in [1.54, 1.807) is 24.3 Å².